The van der Waals surface area contributed by atoms with Gasteiger partial charge in [0.15, 0.2) is 0 Å². The molecular formula is C34H58O4. The van der Waals surface area contributed by atoms with Gasteiger partial charge >= 0.3 is 11.9 Å². The highest BCUT2D eigenvalue weighted by molar-refractivity contribution is 6.03. The Kier molecular flexibility index (Phi) is 23.8. The van der Waals surface area contributed by atoms with Crippen molar-refractivity contribution in [2.75, 3.05) is 13.2 Å². The first-order valence-electron chi connectivity index (χ1n) is 15.5. The van der Waals surface area contributed by atoms with Crippen LogP contribution in [0, 0.1) is 11.8 Å². The van der Waals surface area contributed by atoms with E-state index in [-0.39, 0.29) is 0 Å². The lowest BCUT2D eigenvalue weighted by molar-refractivity contribution is 0.0381. The molecule has 0 aliphatic rings. The molecular weight excluding hydrogens is 472 g/mol. The maximum absolute atomic E-state index is 12.6. The van der Waals surface area contributed by atoms with Gasteiger partial charge in [-0.2, -0.15) is 0 Å². The topological polar surface area (TPSA) is 52.6 Å². The molecule has 0 N–H and O–H groups in total. The summed E-state index contributed by atoms with van der Waals surface area (Å²) in [5.74, 6) is -0.153. The molecule has 0 bridgehead atoms. The van der Waals surface area contributed by atoms with E-state index in [0.717, 1.165) is 51.4 Å². The van der Waals surface area contributed by atoms with Crippen LogP contribution in [-0.2, 0) is 9.47 Å². The standard InChI is InChI=1S/C24H38O4.C10H20/c1-5-9-13-19(7-3)17-27-23(25)21-15-11-12-16-22(21)24(26)28-18-20(8-4)14-10-6-2;1-3-5-7-9-10-8-6-4-2/h11-12,15-16,19-20H,5-10,13-14,17-18H2,1-4H3;3H,1,4-10H2,2H3. The Labute approximate surface area is 235 Å². The highest BCUT2D eigenvalue weighted by Crippen LogP contribution is 2.18. The van der Waals surface area contributed by atoms with Gasteiger partial charge in [-0.3, -0.25) is 0 Å². The van der Waals surface area contributed by atoms with Gasteiger partial charge in [-0.25, -0.2) is 9.59 Å². The summed E-state index contributed by atoms with van der Waals surface area (Å²) in [7, 11) is 0. The number of hydrogen-bond donors (Lipinski definition) is 0. The molecule has 0 radical (unpaired) electrons. The smallest absolute Gasteiger partial charge is 0.339 e. The third kappa shape index (κ3) is 17.4. The van der Waals surface area contributed by atoms with Gasteiger partial charge < -0.3 is 9.47 Å². The average Bonchev–Trinajstić information content (AvgIpc) is 2.95. The van der Waals surface area contributed by atoms with Crippen LogP contribution >= 0.6 is 0 Å². The van der Waals surface area contributed by atoms with E-state index < -0.39 is 11.9 Å². The van der Waals surface area contributed by atoms with Crippen molar-refractivity contribution >= 4 is 11.9 Å². The first-order valence-corrected chi connectivity index (χ1v) is 15.5. The van der Waals surface area contributed by atoms with Gasteiger partial charge in [-0.1, -0.05) is 123 Å². The number of carbonyl (C=O) groups is 2. The minimum absolute atomic E-state index is 0.291. The number of hydrogen-bond acceptors (Lipinski definition) is 4. The third-order valence-electron chi connectivity index (χ3n) is 7.12. The quantitative estimate of drug-likeness (QED) is 0.0901. The zero-order chi connectivity index (χ0) is 28.4. The highest BCUT2D eigenvalue weighted by Gasteiger charge is 2.21. The van der Waals surface area contributed by atoms with Crippen molar-refractivity contribution in [2.45, 2.75) is 131 Å². The molecule has 0 spiro atoms. The van der Waals surface area contributed by atoms with Crippen LogP contribution in [0.5, 0.6) is 0 Å². The van der Waals surface area contributed by atoms with E-state index in [2.05, 4.69) is 41.2 Å². The van der Waals surface area contributed by atoms with E-state index in [1.165, 1.54) is 44.9 Å². The summed E-state index contributed by atoms with van der Waals surface area (Å²) in [5.41, 5.74) is 0.582. The van der Waals surface area contributed by atoms with Gasteiger partial charge in [0, 0.05) is 0 Å². The molecule has 0 fully saturated rings. The number of benzene rings is 1. The maximum atomic E-state index is 12.6. The second-order valence-corrected chi connectivity index (χ2v) is 10.4. The lowest BCUT2D eigenvalue weighted by atomic mass is 10.0. The molecule has 1 rings (SSSR count). The summed E-state index contributed by atoms with van der Waals surface area (Å²) in [5, 5.41) is 0. The number of carbonyl (C=O) groups excluding carboxylic acids is 2. The van der Waals surface area contributed by atoms with Crippen LogP contribution in [0.4, 0.5) is 0 Å². The Morgan fingerprint density at radius 3 is 1.50 bits per heavy atom. The Balaban J connectivity index is 0.00000115. The minimum atomic E-state index is -0.444. The molecule has 4 nitrogen and oxygen atoms in total. The number of ether oxygens (including phenoxy) is 2. The monoisotopic (exact) mass is 530 g/mol. The summed E-state index contributed by atoms with van der Waals surface area (Å²) >= 11 is 0. The lowest BCUT2D eigenvalue weighted by Gasteiger charge is -2.17. The van der Waals surface area contributed by atoms with Crippen molar-refractivity contribution in [3.05, 3.63) is 48.0 Å². The van der Waals surface area contributed by atoms with Crippen molar-refractivity contribution in [3.63, 3.8) is 0 Å². The molecule has 2 atom stereocenters. The Morgan fingerprint density at radius 1 is 0.684 bits per heavy atom. The predicted octanol–water partition coefficient (Wildman–Crippen LogP) is 10.4. The molecule has 0 saturated carbocycles. The van der Waals surface area contributed by atoms with E-state index >= 15 is 0 Å². The molecule has 0 saturated heterocycles. The van der Waals surface area contributed by atoms with Crippen LogP contribution in [0.2, 0.25) is 0 Å². The molecule has 4 heteroatoms. The maximum Gasteiger partial charge on any atom is 0.339 e. The zero-order valence-corrected chi connectivity index (χ0v) is 25.4. The molecule has 1 aromatic rings. The summed E-state index contributed by atoms with van der Waals surface area (Å²) in [6.07, 6.45) is 20.2. The van der Waals surface area contributed by atoms with Crippen LogP contribution < -0.4 is 0 Å². The molecule has 0 aliphatic heterocycles. The van der Waals surface area contributed by atoms with Crippen LogP contribution in [0.1, 0.15) is 152 Å². The lowest BCUT2D eigenvalue weighted by Crippen LogP contribution is -2.19. The molecule has 0 aliphatic carbocycles. The summed E-state index contributed by atoms with van der Waals surface area (Å²) < 4.78 is 11.0. The molecule has 2 unspecified atom stereocenters. The van der Waals surface area contributed by atoms with Gasteiger partial charge in [-0.05, 0) is 49.7 Å². The Hall–Kier alpha value is -2.10. The van der Waals surface area contributed by atoms with Crippen LogP contribution in [0.25, 0.3) is 0 Å². The van der Waals surface area contributed by atoms with Crippen molar-refractivity contribution in [1.29, 1.82) is 0 Å². The van der Waals surface area contributed by atoms with Gasteiger partial charge in [-0.15, -0.1) is 6.58 Å². The fourth-order valence-electron chi connectivity index (χ4n) is 4.25. The van der Waals surface area contributed by atoms with Crippen molar-refractivity contribution in [3.8, 4) is 0 Å². The Bertz CT molecular complexity index is 676. The number of allylic oxidation sites excluding steroid dienone is 1. The summed E-state index contributed by atoms with van der Waals surface area (Å²) in [6.45, 7) is 15.3. The fraction of sp³-hybridized carbons (Fsp3) is 0.706. The van der Waals surface area contributed by atoms with Crippen molar-refractivity contribution in [2.24, 2.45) is 11.8 Å². The molecule has 0 amide bonds. The molecule has 218 valence electrons. The molecule has 0 aromatic heterocycles. The van der Waals surface area contributed by atoms with Gasteiger partial charge in [0.1, 0.15) is 0 Å². The van der Waals surface area contributed by atoms with E-state index in [0.29, 0.717) is 36.2 Å². The fourth-order valence-corrected chi connectivity index (χ4v) is 4.25. The zero-order valence-electron chi connectivity index (χ0n) is 25.4. The summed E-state index contributed by atoms with van der Waals surface area (Å²) in [4.78, 5) is 25.1. The second kappa shape index (κ2) is 25.2. The van der Waals surface area contributed by atoms with E-state index in [4.69, 9.17) is 9.47 Å². The highest BCUT2D eigenvalue weighted by atomic mass is 16.5. The van der Waals surface area contributed by atoms with Crippen LogP contribution in [0.15, 0.2) is 36.9 Å². The van der Waals surface area contributed by atoms with Gasteiger partial charge in [0.25, 0.3) is 0 Å². The number of unbranched alkanes of at least 4 members (excludes halogenated alkanes) is 8. The second-order valence-electron chi connectivity index (χ2n) is 10.4. The first kappa shape index (κ1) is 35.9. The predicted molar refractivity (Wildman–Crippen MR) is 162 cm³/mol. The Morgan fingerprint density at radius 2 is 1.11 bits per heavy atom. The van der Waals surface area contributed by atoms with Gasteiger partial charge in [0.2, 0.25) is 0 Å². The van der Waals surface area contributed by atoms with E-state index in [1.807, 2.05) is 6.08 Å². The van der Waals surface area contributed by atoms with Crippen molar-refractivity contribution < 1.29 is 19.1 Å². The van der Waals surface area contributed by atoms with Crippen LogP contribution in [-0.4, -0.2) is 25.2 Å². The van der Waals surface area contributed by atoms with Crippen molar-refractivity contribution in [1.82, 2.24) is 0 Å². The largest absolute Gasteiger partial charge is 0.462 e. The normalized spacial score (nSPS) is 12.1. The number of rotatable bonds is 21. The first-order chi connectivity index (χ1) is 18.5. The number of esters is 2. The third-order valence-corrected chi connectivity index (χ3v) is 7.12. The molecule has 1 aromatic carbocycles. The van der Waals surface area contributed by atoms with E-state index in [1.54, 1.807) is 24.3 Å². The summed E-state index contributed by atoms with van der Waals surface area (Å²) in [6, 6.07) is 6.77. The van der Waals surface area contributed by atoms with Crippen LogP contribution in [0.3, 0.4) is 0 Å². The van der Waals surface area contributed by atoms with E-state index in [9.17, 15) is 9.59 Å². The SMILES string of the molecule is C=CCCCCCCCC.CCCCC(CC)COC(=O)c1ccccc1C(=O)OCC(CC)CCCC. The minimum Gasteiger partial charge on any atom is -0.462 e. The molecule has 38 heavy (non-hydrogen) atoms. The molecule has 0 heterocycles. The van der Waals surface area contributed by atoms with Gasteiger partial charge in [0.05, 0.1) is 24.3 Å². The average molecular weight is 531 g/mol.